The molecule has 0 aromatic heterocycles. The quantitative estimate of drug-likeness (QED) is 0.822. The number of hydrogen-bond acceptors (Lipinski definition) is 3. The predicted molar refractivity (Wildman–Crippen MR) is 100 cm³/mol. The highest BCUT2D eigenvalue weighted by Crippen LogP contribution is 2.51. The molecule has 0 radical (unpaired) electrons. The molecule has 3 nitrogen and oxygen atoms in total. The molecule has 2 aliphatic carbocycles. The Morgan fingerprint density at radius 1 is 1.15 bits per heavy atom. The summed E-state index contributed by atoms with van der Waals surface area (Å²) in [7, 11) is -1.34. The fraction of sp³-hybridized carbons (Fsp3) is 0.273. The molecule has 3 atom stereocenters. The van der Waals surface area contributed by atoms with Crippen LogP contribution in [0.2, 0.25) is 0 Å². The molecule has 1 saturated carbocycles. The van der Waals surface area contributed by atoms with Crippen molar-refractivity contribution >= 4 is 16.6 Å². The summed E-state index contributed by atoms with van der Waals surface area (Å²) in [5.41, 5.74) is 2.33. The van der Waals surface area contributed by atoms with Crippen molar-refractivity contribution in [3.8, 4) is 6.07 Å². The molecule has 0 saturated heterocycles. The van der Waals surface area contributed by atoms with Gasteiger partial charge >= 0.3 is 0 Å². The summed E-state index contributed by atoms with van der Waals surface area (Å²) in [6.07, 6.45) is 3.40. The van der Waals surface area contributed by atoms with E-state index in [0.29, 0.717) is 24.2 Å². The Labute approximate surface area is 155 Å². The van der Waals surface area contributed by atoms with Gasteiger partial charge in [-0.3, -0.25) is 4.79 Å². The maximum atomic E-state index is 13.2. The van der Waals surface area contributed by atoms with E-state index in [1.165, 1.54) is 0 Å². The molecule has 26 heavy (non-hydrogen) atoms. The van der Waals surface area contributed by atoms with Gasteiger partial charge in [-0.15, -0.1) is 0 Å². The largest absolute Gasteiger partial charge is 0.295 e. The van der Waals surface area contributed by atoms with Crippen LogP contribution in [0.4, 0.5) is 0 Å². The van der Waals surface area contributed by atoms with Crippen molar-refractivity contribution in [2.24, 2.45) is 5.92 Å². The number of aryl methyl sites for hydroxylation is 1. The molecule has 0 heterocycles. The van der Waals surface area contributed by atoms with Crippen molar-refractivity contribution in [3.05, 3.63) is 71.3 Å². The van der Waals surface area contributed by atoms with Crippen LogP contribution in [0.25, 0.3) is 0 Å². The SMILES string of the molecule is Cc1ccc([S@](=O)c2ccccc2[C@]2(C#N)CC3=CC(=O)C[C@H]3C2)cc1. The second-order valence-corrected chi connectivity index (χ2v) is 8.69. The molecule has 0 N–H and O–H groups in total. The van der Waals surface area contributed by atoms with Gasteiger partial charge in [0.1, 0.15) is 0 Å². The average molecular weight is 361 g/mol. The third kappa shape index (κ3) is 2.73. The summed E-state index contributed by atoms with van der Waals surface area (Å²) in [5.74, 6) is 0.316. The van der Waals surface area contributed by atoms with E-state index in [9.17, 15) is 14.3 Å². The van der Waals surface area contributed by atoms with Crippen LogP contribution >= 0.6 is 0 Å². The molecule has 2 aliphatic rings. The normalized spacial score (nSPS) is 25.5. The predicted octanol–water partition coefficient (Wildman–Crippen LogP) is 4.23. The number of nitrogens with zero attached hydrogens (tertiary/aromatic N) is 1. The van der Waals surface area contributed by atoms with E-state index in [2.05, 4.69) is 6.07 Å². The number of allylic oxidation sites excluding steroid dienone is 2. The highest BCUT2D eigenvalue weighted by Gasteiger charge is 2.47. The zero-order valence-electron chi connectivity index (χ0n) is 14.6. The van der Waals surface area contributed by atoms with Crippen LogP contribution < -0.4 is 0 Å². The smallest absolute Gasteiger partial charge is 0.156 e. The monoisotopic (exact) mass is 361 g/mol. The number of hydrogen-bond donors (Lipinski definition) is 0. The van der Waals surface area contributed by atoms with Crippen molar-refractivity contribution in [2.45, 2.75) is 41.4 Å². The topological polar surface area (TPSA) is 57.9 Å². The standard InChI is InChI=1S/C22H19NO2S/c1-15-6-8-19(9-7-15)26(25)21-5-3-2-4-20(21)22(14-23)12-16-10-18(24)11-17(16)13-22/h2-10,17H,11-13H2,1H3/t17-,22+,26-/m0/s1. The van der Waals surface area contributed by atoms with Crippen molar-refractivity contribution in [1.29, 1.82) is 5.26 Å². The lowest BCUT2D eigenvalue weighted by Gasteiger charge is -2.24. The van der Waals surface area contributed by atoms with E-state index in [1.54, 1.807) is 6.08 Å². The maximum Gasteiger partial charge on any atom is 0.156 e. The number of nitriles is 1. The molecule has 0 spiro atoms. The maximum absolute atomic E-state index is 13.2. The second kappa shape index (κ2) is 6.34. The van der Waals surface area contributed by atoms with Gasteiger partial charge in [-0.25, -0.2) is 4.21 Å². The van der Waals surface area contributed by atoms with E-state index >= 15 is 0 Å². The fourth-order valence-electron chi connectivity index (χ4n) is 4.16. The molecular formula is C22H19NO2S. The lowest BCUT2D eigenvalue weighted by molar-refractivity contribution is -0.114. The summed E-state index contributed by atoms with van der Waals surface area (Å²) in [4.78, 5) is 13.1. The van der Waals surface area contributed by atoms with Gasteiger partial charge in [-0.05, 0) is 55.5 Å². The second-order valence-electron chi connectivity index (χ2n) is 7.24. The molecule has 0 bridgehead atoms. The minimum absolute atomic E-state index is 0.156. The van der Waals surface area contributed by atoms with Gasteiger partial charge < -0.3 is 0 Å². The molecule has 130 valence electrons. The lowest BCUT2D eigenvalue weighted by Crippen LogP contribution is -2.23. The molecule has 0 unspecified atom stereocenters. The summed E-state index contributed by atoms with van der Waals surface area (Å²) < 4.78 is 13.2. The van der Waals surface area contributed by atoms with E-state index in [-0.39, 0.29) is 11.7 Å². The highest BCUT2D eigenvalue weighted by atomic mass is 32.2. The van der Waals surface area contributed by atoms with Gasteiger partial charge in [-0.2, -0.15) is 5.26 Å². The molecular weight excluding hydrogens is 342 g/mol. The van der Waals surface area contributed by atoms with Crippen LogP contribution in [0, 0.1) is 24.2 Å². The minimum Gasteiger partial charge on any atom is -0.295 e. The molecule has 2 aromatic rings. The molecule has 0 aliphatic heterocycles. The van der Waals surface area contributed by atoms with Crippen LogP contribution in [-0.2, 0) is 21.0 Å². The van der Waals surface area contributed by atoms with Gasteiger partial charge in [-0.1, -0.05) is 41.5 Å². The van der Waals surface area contributed by atoms with Crippen LogP contribution in [0.1, 0.15) is 30.4 Å². The van der Waals surface area contributed by atoms with Crippen LogP contribution in [0.15, 0.2) is 70.0 Å². The van der Waals surface area contributed by atoms with Gasteiger partial charge in [0.15, 0.2) is 5.78 Å². The van der Waals surface area contributed by atoms with Crippen molar-refractivity contribution in [2.75, 3.05) is 0 Å². The van der Waals surface area contributed by atoms with Gasteiger partial charge in [0.25, 0.3) is 0 Å². The first kappa shape index (κ1) is 16.9. The first-order valence-corrected chi connectivity index (χ1v) is 9.90. The van der Waals surface area contributed by atoms with E-state index in [0.717, 1.165) is 21.6 Å². The third-order valence-electron chi connectivity index (χ3n) is 5.47. The Balaban J connectivity index is 1.78. The first-order valence-electron chi connectivity index (χ1n) is 8.75. The molecule has 4 heteroatoms. The number of benzene rings is 2. The van der Waals surface area contributed by atoms with E-state index in [1.807, 2.05) is 55.5 Å². The molecule has 4 rings (SSSR count). The van der Waals surface area contributed by atoms with Crippen molar-refractivity contribution in [3.63, 3.8) is 0 Å². The zero-order valence-corrected chi connectivity index (χ0v) is 15.4. The summed E-state index contributed by atoms with van der Waals surface area (Å²) in [6, 6.07) is 17.7. The fourth-order valence-corrected chi connectivity index (χ4v) is 5.46. The Morgan fingerprint density at radius 2 is 1.88 bits per heavy atom. The lowest BCUT2D eigenvalue weighted by atomic mass is 9.79. The van der Waals surface area contributed by atoms with Crippen molar-refractivity contribution < 1.29 is 9.00 Å². The highest BCUT2D eigenvalue weighted by molar-refractivity contribution is 7.85. The van der Waals surface area contributed by atoms with Crippen LogP contribution in [0.5, 0.6) is 0 Å². The Kier molecular flexibility index (Phi) is 4.13. The Morgan fingerprint density at radius 3 is 2.58 bits per heavy atom. The molecule has 1 fully saturated rings. The van der Waals surface area contributed by atoms with Crippen LogP contribution in [0.3, 0.4) is 0 Å². The Hall–Kier alpha value is -2.51. The Bertz CT molecular complexity index is 984. The number of fused-ring (bicyclic) bond motifs is 1. The summed E-state index contributed by atoms with van der Waals surface area (Å²) in [6.45, 7) is 2.00. The minimum atomic E-state index is -1.34. The number of rotatable bonds is 3. The first-order chi connectivity index (χ1) is 12.5. The summed E-state index contributed by atoms with van der Waals surface area (Å²) in [5, 5.41) is 10.0. The van der Waals surface area contributed by atoms with Gasteiger partial charge in [0.05, 0.1) is 22.3 Å². The van der Waals surface area contributed by atoms with Gasteiger partial charge in [0.2, 0.25) is 0 Å². The third-order valence-corrected chi connectivity index (χ3v) is 6.93. The average Bonchev–Trinajstić information content (AvgIpc) is 3.16. The van der Waals surface area contributed by atoms with Crippen molar-refractivity contribution in [1.82, 2.24) is 0 Å². The zero-order chi connectivity index (χ0) is 18.3. The van der Waals surface area contributed by atoms with E-state index in [4.69, 9.17) is 0 Å². The number of carbonyl (C=O) groups is 1. The van der Waals surface area contributed by atoms with Gasteiger partial charge in [0, 0.05) is 16.2 Å². The summed E-state index contributed by atoms with van der Waals surface area (Å²) >= 11 is 0. The number of carbonyl (C=O) groups excluding carboxylic acids is 1. The number of ketones is 1. The molecule has 0 amide bonds. The molecule has 2 aromatic carbocycles. The van der Waals surface area contributed by atoms with E-state index < -0.39 is 16.2 Å². The van der Waals surface area contributed by atoms with Crippen LogP contribution in [-0.4, -0.2) is 9.99 Å².